The number of benzene rings is 2. The van der Waals surface area contributed by atoms with E-state index in [4.69, 9.17) is 4.74 Å². The number of urea groups is 1. The van der Waals surface area contributed by atoms with E-state index >= 15 is 0 Å². The van der Waals surface area contributed by atoms with Crippen molar-refractivity contribution in [2.45, 2.75) is 19.0 Å². The predicted molar refractivity (Wildman–Crippen MR) is 136 cm³/mol. The van der Waals surface area contributed by atoms with Crippen LogP contribution in [0, 0.1) is 0 Å². The first-order chi connectivity index (χ1) is 17.6. The molecule has 0 spiro atoms. The molecule has 2 unspecified atom stereocenters. The van der Waals surface area contributed by atoms with Crippen molar-refractivity contribution in [3.8, 4) is 0 Å². The van der Waals surface area contributed by atoms with Crippen LogP contribution in [-0.2, 0) is 4.74 Å². The van der Waals surface area contributed by atoms with Crippen LogP contribution in [0.4, 0.5) is 16.2 Å². The van der Waals surface area contributed by atoms with Gasteiger partial charge in [-0.05, 0) is 30.7 Å². The molecule has 4 aliphatic rings. The summed E-state index contributed by atoms with van der Waals surface area (Å²) in [6.45, 7) is 7.43. The maximum atomic E-state index is 13.6. The lowest BCUT2D eigenvalue weighted by molar-refractivity contribution is 0.0207. The van der Waals surface area contributed by atoms with Crippen LogP contribution in [0.1, 0.15) is 34.5 Å². The third-order valence-electron chi connectivity index (χ3n) is 7.06. The monoisotopic (exact) mass is 487 g/mol. The lowest BCUT2D eigenvalue weighted by Crippen LogP contribution is -2.49. The Morgan fingerprint density at radius 1 is 1.11 bits per heavy atom. The number of rotatable bonds is 4. The van der Waals surface area contributed by atoms with Gasteiger partial charge in [0.2, 0.25) is 0 Å². The summed E-state index contributed by atoms with van der Waals surface area (Å²) in [5.41, 5.74) is 7.74. The van der Waals surface area contributed by atoms with E-state index in [1.54, 1.807) is 11.1 Å². The summed E-state index contributed by atoms with van der Waals surface area (Å²) in [5.74, 6) is -0.141. The van der Waals surface area contributed by atoms with Crippen molar-refractivity contribution in [1.29, 1.82) is 0 Å². The van der Waals surface area contributed by atoms with E-state index in [-0.39, 0.29) is 11.8 Å². The predicted octanol–water partition coefficient (Wildman–Crippen LogP) is 2.97. The van der Waals surface area contributed by atoms with E-state index in [0.29, 0.717) is 54.9 Å². The molecule has 36 heavy (non-hydrogen) atoms. The van der Waals surface area contributed by atoms with E-state index in [9.17, 15) is 9.59 Å². The van der Waals surface area contributed by atoms with Gasteiger partial charge in [-0.3, -0.25) is 10.2 Å². The van der Waals surface area contributed by atoms with Crippen molar-refractivity contribution in [3.63, 3.8) is 0 Å². The number of Topliss-reactive ketones (excluding diaryl/α,β-unsaturated/α-hetero) is 1. The molecule has 186 valence electrons. The van der Waals surface area contributed by atoms with Gasteiger partial charge in [0.05, 0.1) is 30.0 Å². The minimum absolute atomic E-state index is 0.141. The van der Waals surface area contributed by atoms with Crippen LogP contribution in [0.15, 0.2) is 58.3 Å². The molecule has 6 rings (SSSR count). The molecule has 2 atom stereocenters. The number of hydrogen-bond donors (Lipinski definition) is 3. The zero-order chi connectivity index (χ0) is 24.6. The number of amides is 2. The maximum absolute atomic E-state index is 13.6. The van der Waals surface area contributed by atoms with Gasteiger partial charge >= 0.3 is 6.03 Å². The molecule has 2 amide bonds. The molecule has 2 fully saturated rings. The lowest BCUT2D eigenvalue weighted by Gasteiger charge is -2.33. The van der Waals surface area contributed by atoms with Gasteiger partial charge in [0, 0.05) is 50.0 Å². The Bertz CT molecular complexity index is 1250. The number of hydrogen-bond acceptors (Lipinski definition) is 8. The Morgan fingerprint density at radius 3 is 2.69 bits per heavy atom. The van der Waals surface area contributed by atoms with Crippen LogP contribution in [0.25, 0.3) is 5.70 Å². The Hall–Kier alpha value is -3.60. The minimum atomic E-state index is -0.444. The number of anilines is 2. The Balaban J connectivity index is 1.24. The number of nitrogens with one attached hydrogen (secondary N) is 3. The fourth-order valence-electron chi connectivity index (χ4n) is 5.28. The van der Waals surface area contributed by atoms with E-state index in [0.717, 1.165) is 36.4 Å². The van der Waals surface area contributed by atoms with Crippen molar-refractivity contribution >= 4 is 28.9 Å². The number of fused-ring (bicyclic) bond motifs is 3. The van der Waals surface area contributed by atoms with Crippen LogP contribution in [0.2, 0.25) is 0 Å². The first kappa shape index (κ1) is 22.8. The molecular weight excluding hydrogens is 458 g/mol. The second-order valence-electron chi connectivity index (χ2n) is 9.49. The van der Waals surface area contributed by atoms with E-state index in [1.165, 1.54) is 0 Å². The van der Waals surface area contributed by atoms with Crippen molar-refractivity contribution in [3.05, 3.63) is 64.7 Å². The highest BCUT2D eigenvalue weighted by molar-refractivity contribution is 6.22. The van der Waals surface area contributed by atoms with Crippen LogP contribution >= 0.6 is 0 Å². The number of morpholine rings is 1. The van der Waals surface area contributed by atoms with Gasteiger partial charge in [-0.25, -0.2) is 9.80 Å². The number of nitrogens with zero attached hydrogens (tertiary/aromatic N) is 4. The summed E-state index contributed by atoms with van der Waals surface area (Å²) in [4.78, 5) is 28.6. The molecule has 2 aromatic carbocycles. The van der Waals surface area contributed by atoms with Gasteiger partial charge < -0.3 is 20.3 Å². The number of piperazine rings is 1. The molecule has 0 aromatic heterocycles. The van der Waals surface area contributed by atoms with Crippen molar-refractivity contribution in [2.75, 3.05) is 56.2 Å². The van der Waals surface area contributed by atoms with Gasteiger partial charge in [-0.2, -0.15) is 10.2 Å². The fraction of sp³-hybridized carbons (Fsp3) is 0.385. The third kappa shape index (κ3) is 4.17. The molecule has 3 aliphatic heterocycles. The van der Waals surface area contributed by atoms with Gasteiger partial charge in [0.1, 0.15) is 11.7 Å². The SMILES string of the molecule is CC1CN(c2ccc(C3=C4C(=O)c5c(NC(=O)NN6CCOCC6)cccc5C4N=N3)cc2)CCN1. The van der Waals surface area contributed by atoms with E-state index in [1.807, 2.05) is 24.3 Å². The largest absolute Gasteiger partial charge is 0.379 e. The summed E-state index contributed by atoms with van der Waals surface area (Å²) < 4.78 is 5.32. The summed E-state index contributed by atoms with van der Waals surface area (Å²) in [6, 6.07) is 13.3. The maximum Gasteiger partial charge on any atom is 0.333 e. The number of hydrazine groups is 1. The average Bonchev–Trinajstić information content (AvgIpc) is 3.45. The summed E-state index contributed by atoms with van der Waals surface area (Å²) in [7, 11) is 0. The second-order valence-corrected chi connectivity index (χ2v) is 9.49. The third-order valence-corrected chi connectivity index (χ3v) is 7.06. The minimum Gasteiger partial charge on any atom is -0.379 e. The van der Waals surface area contributed by atoms with E-state index < -0.39 is 6.04 Å². The van der Waals surface area contributed by atoms with Crippen molar-refractivity contribution in [1.82, 2.24) is 15.8 Å². The highest BCUT2D eigenvalue weighted by Gasteiger charge is 2.42. The smallest absolute Gasteiger partial charge is 0.333 e. The van der Waals surface area contributed by atoms with Gasteiger partial charge in [0.15, 0.2) is 5.78 Å². The molecule has 2 aromatic rings. The van der Waals surface area contributed by atoms with Crippen LogP contribution < -0.4 is 21.0 Å². The number of carbonyl (C=O) groups excluding carboxylic acids is 2. The van der Waals surface area contributed by atoms with Crippen LogP contribution in [0.3, 0.4) is 0 Å². The summed E-state index contributed by atoms with van der Waals surface area (Å²) in [5, 5.41) is 17.0. The molecule has 1 aliphatic carbocycles. The number of carbonyl (C=O) groups is 2. The zero-order valence-electron chi connectivity index (χ0n) is 20.2. The Morgan fingerprint density at radius 2 is 1.92 bits per heavy atom. The van der Waals surface area contributed by atoms with Crippen LogP contribution in [0.5, 0.6) is 0 Å². The average molecular weight is 488 g/mol. The molecule has 0 radical (unpaired) electrons. The summed E-state index contributed by atoms with van der Waals surface area (Å²) in [6.07, 6.45) is 0. The molecule has 10 nitrogen and oxygen atoms in total. The normalized spacial score (nSPS) is 23.6. The van der Waals surface area contributed by atoms with Crippen molar-refractivity contribution < 1.29 is 14.3 Å². The molecule has 10 heteroatoms. The van der Waals surface area contributed by atoms with Gasteiger partial charge in [0.25, 0.3) is 0 Å². The highest BCUT2D eigenvalue weighted by Crippen LogP contribution is 2.49. The van der Waals surface area contributed by atoms with Crippen LogP contribution in [-0.4, -0.2) is 68.8 Å². The first-order valence-corrected chi connectivity index (χ1v) is 12.4. The molecule has 0 saturated carbocycles. The highest BCUT2D eigenvalue weighted by atomic mass is 16.5. The quantitative estimate of drug-likeness (QED) is 0.612. The molecule has 3 N–H and O–H groups in total. The van der Waals surface area contributed by atoms with E-state index in [2.05, 4.69) is 50.2 Å². The fourth-order valence-corrected chi connectivity index (χ4v) is 5.28. The van der Waals surface area contributed by atoms with Crippen molar-refractivity contribution in [2.24, 2.45) is 10.2 Å². The standard InChI is InChI=1S/C26H29N7O3/c1-16-15-32(10-9-27-16)18-7-5-17(6-8-18)23-22-24(30-29-23)19-3-2-4-20(21(19)25(22)34)28-26(35)31-33-11-13-36-14-12-33/h2-8,16,24,27H,9-15H2,1H3,(H2,28,31,35). The lowest BCUT2D eigenvalue weighted by atomic mass is 10.0. The first-order valence-electron chi connectivity index (χ1n) is 12.4. The summed E-state index contributed by atoms with van der Waals surface area (Å²) >= 11 is 0. The molecular formula is C26H29N7O3. The second kappa shape index (κ2) is 9.45. The topological polar surface area (TPSA) is 111 Å². The number of ether oxygens (including phenoxy) is 1. The molecule has 2 saturated heterocycles. The number of ketones is 1. The molecule has 3 heterocycles. The number of azo groups is 1. The van der Waals surface area contributed by atoms with Gasteiger partial charge in [-0.15, -0.1) is 0 Å². The zero-order valence-corrected chi connectivity index (χ0v) is 20.2. The van der Waals surface area contributed by atoms with Gasteiger partial charge in [-0.1, -0.05) is 24.3 Å². The molecule has 0 bridgehead atoms. The Labute approximate surface area is 209 Å². The Kier molecular flexibility index (Phi) is 6.00.